The van der Waals surface area contributed by atoms with E-state index in [9.17, 15) is 8.42 Å². The molecule has 1 aromatic carbocycles. The molecule has 0 spiro atoms. The average Bonchev–Trinajstić information content (AvgIpc) is 3.26. The monoisotopic (exact) mass is 331 g/mol. The minimum absolute atomic E-state index is 0.0600. The summed E-state index contributed by atoms with van der Waals surface area (Å²) in [5, 5.41) is 0.202. The predicted molar refractivity (Wildman–Crippen MR) is 87.6 cm³/mol. The summed E-state index contributed by atoms with van der Waals surface area (Å²) in [6.07, 6.45) is 8.00. The van der Waals surface area contributed by atoms with Crippen LogP contribution in [0.4, 0.5) is 0 Å². The SMILES string of the molecule is O=S(=O)(c1cnc[nH]1)N1CCCC1C1CCCc2ccccc21. The standard InChI is InChI=1S/C17H21N3O2S/c21-23(22,17-11-18-12-19-17)20-10-4-9-16(20)15-8-3-6-13-5-1-2-7-14(13)15/h1-2,5,7,11-12,15-16H,3-4,6,8-10H2,(H,18,19). The van der Waals surface area contributed by atoms with Crippen LogP contribution in [0.15, 0.2) is 41.8 Å². The first-order chi connectivity index (χ1) is 11.2. The number of fused-ring (bicyclic) bond motifs is 1. The van der Waals surface area contributed by atoms with Crippen molar-refractivity contribution in [3.8, 4) is 0 Å². The van der Waals surface area contributed by atoms with Gasteiger partial charge in [0.2, 0.25) is 0 Å². The highest BCUT2D eigenvalue weighted by Crippen LogP contribution is 2.41. The number of aromatic amines is 1. The third-order valence-corrected chi connectivity index (χ3v) is 7.04. The van der Waals surface area contributed by atoms with Crippen LogP contribution in [-0.2, 0) is 16.4 Å². The van der Waals surface area contributed by atoms with Gasteiger partial charge in [0.25, 0.3) is 10.0 Å². The molecule has 1 aliphatic heterocycles. The topological polar surface area (TPSA) is 66.1 Å². The quantitative estimate of drug-likeness (QED) is 0.940. The molecule has 1 N–H and O–H groups in total. The molecule has 5 nitrogen and oxygen atoms in total. The first-order valence-corrected chi connectivity index (χ1v) is 9.70. The smallest absolute Gasteiger partial charge is 0.260 e. The maximum atomic E-state index is 12.9. The van der Waals surface area contributed by atoms with Gasteiger partial charge >= 0.3 is 0 Å². The molecule has 1 saturated heterocycles. The van der Waals surface area contributed by atoms with Gasteiger partial charge in [-0.05, 0) is 43.2 Å². The number of imidazole rings is 1. The van der Waals surface area contributed by atoms with Crippen LogP contribution < -0.4 is 0 Å². The number of aryl methyl sites for hydroxylation is 1. The predicted octanol–water partition coefficient (Wildman–Crippen LogP) is 2.68. The third kappa shape index (κ3) is 2.50. The number of sulfonamides is 1. The van der Waals surface area contributed by atoms with Crippen LogP contribution in [0.2, 0.25) is 0 Å². The van der Waals surface area contributed by atoms with E-state index in [-0.39, 0.29) is 11.1 Å². The van der Waals surface area contributed by atoms with Crippen LogP contribution in [-0.4, -0.2) is 35.3 Å². The number of hydrogen-bond acceptors (Lipinski definition) is 3. The molecule has 0 radical (unpaired) electrons. The Morgan fingerprint density at radius 1 is 1.17 bits per heavy atom. The van der Waals surface area contributed by atoms with Gasteiger partial charge in [-0.1, -0.05) is 24.3 Å². The summed E-state index contributed by atoms with van der Waals surface area (Å²) in [4.78, 5) is 6.63. The Morgan fingerprint density at radius 3 is 2.87 bits per heavy atom. The van der Waals surface area contributed by atoms with Crippen molar-refractivity contribution in [1.82, 2.24) is 14.3 Å². The first-order valence-electron chi connectivity index (χ1n) is 8.26. The summed E-state index contributed by atoms with van der Waals surface area (Å²) < 4.78 is 27.5. The van der Waals surface area contributed by atoms with E-state index in [4.69, 9.17) is 0 Å². The highest BCUT2D eigenvalue weighted by molar-refractivity contribution is 7.89. The number of nitrogens with zero attached hydrogens (tertiary/aromatic N) is 2. The summed E-state index contributed by atoms with van der Waals surface area (Å²) in [5.74, 6) is 0.306. The van der Waals surface area contributed by atoms with Gasteiger partial charge in [0.15, 0.2) is 5.03 Å². The minimum Gasteiger partial charge on any atom is -0.335 e. The fourth-order valence-electron chi connectivity index (χ4n) is 4.17. The number of rotatable bonds is 3. The second-order valence-electron chi connectivity index (χ2n) is 6.44. The summed E-state index contributed by atoms with van der Waals surface area (Å²) >= 11 is 0. The van der Waals surface area contributed by atoms with Crippen molar-refractivity contribution in [1.29, 1.82) is 0 Å². The van der Waals surface area contributed by atoms with Gasteiger partial charge in [0.1, 0.15) is 0 Å². The van der Waals surface area contributed by atoms with E-state index in [0.717, 1.165) is 32.1 Å². The summed E-state index contributed by atoms with van der Waals surface area (Å²) in [7, 11) is -3.48. The molecule has 1 aliphatic carbocycles. The minimum atomic E-state index is -3.48. The zero-order valence-electron chi connectivity index (χ0n) is 13.0. The lowest BCUT2D eigenvalue weighted by atomic mass is 9.78. The number of benzene rings is 1. The van der Waals surface area contributed by atoms with Crippen molar-refractivity contribution in [2.75, 3.05) is 6.54 Å². The lowest BCUT2D eigenvalue weighted by Gasteiger charge is -2.34. The normalized spacial score (nSPS) is 25.4. The summed E-state index contributed by atoms with van der Waals surface area (Å²) in [6.45, 7) is 0.602. The van der Waals surface area contributed by atoms with Gasteiger partial charge < -0.3 is 4.98 Å². The van der Waals surface area contributed by atoms with Crippen LogP contribution in [0.5, 0.6) is 0 Å². The van der Waals surface area contributed by atoms with Crippen molar-refractivity contribution in [2.24, 2.45) is 0 Å². The molecule has 4 rings (SSSR count). The van der Waals surface area contributed by atoms with E-state index in [1.165, 1.54) is 23.7 Å². The lowest BCUT2D eigenvalue weighted by Crippen LogP contribution is -2.40. The number of nitrogens with one attached hydrogen (secondary N) is 1. The second-order valence-corrected chi connectivity index (χ2v) is 8.30. The summed E-state index contributed by atoms with van der Waals surface area (Å²) in [6, 6.07) is 8.57. The van der Waals surface area contributed by atoms with Crippen LogP contribution in [0.25, 0.3) is 0 Å². The number of H-pyrrole nitrogens is 1. The fourth-order valence-corrected chi connectivity index (χ4v) is 5.79. The van der Waals surface area contributed by atoms with E-state index in [0.29, 0.717) is 12.5 Å². The molecule has 23 heavy (non-hydrogen) atoms. The largest absolute Gasteiger partial charge is 0.335 e. The van der Waals surface area contributed by atoms with Gasteiger partial charge in [-0.25, -0.2) is 13.4 Å². The Labute approximate surface area is 136 Å². The van der Waals surface area contributed by atoms with Gasteiger partial charge in [-0.2, -0.15) is 4.31 Å². The molecule has 0 bridgehead atoms. The lowest BCUT2D eigenvalue weighted by molar-refractivity contribution is 0.316. The maximum absolute atomic E-state index is 12.9. The van der Waals surface area contributed by atoms with Crippen molar-refractivity contribution in [2.45, 2.75) is 49.1 Å². The van der Waals surface area contributed by atoms with E-state index in [1.807, 2.05) is 0 Å². The van der Waals surface area contributed by atoms with Crippen molar-refractivity contribution in [3.05, 3.63) is 47.9 Å². The van der Waals surface area contributed by atoms with E-state index in [1.54, 1.807) is 4.31 Å². The zero-order valence-corrected chi connectivity index (χ0v) is 13.8. The van der Waals surface area contributed by atoms with Crippen LogP contribution in [0, 0.1) is 0 Å². The molecule has 2 unspecified atom stereocenters. The Hall–Kier alpha value is -1.66. The van der Waals surface area contributed by atoms with Crippen LogP contribution >= 0.6 is 0 Å². The third-order valence-electron chi connectivity index (χ3n) is 5.19. The highest BCUT2D eigenvalue weighted by atomic mass is 32.2. The van der Waals surface area contributed by atoms with E-state index in [2.05, 4.69) is 34.2 Å². The Balaban J connectivity index is 1.70. The molecular weight excluding hydrogens is 310 g/mol. The van der Waals surface area contributed by atoms with Crippen molar-refractivity contribution < 1.29 is 8.42 Å². The molecule has 0 amide bonds. The molecule has 0 saturated carbocycles. The molecule has 2 heterocycles. The zero-order chi connectivity index (χ0) is 15.9. The molecule has 2 atom stereocenters. The molecule has 1 fully saturated rings. The van der Waals surface area contributed by atoms with E-state index < -0.39 is 10.0 Å². The van der Waals surface area contributed by atoms with Crippen LogP contribution in [0.3, 0.4) is 0 Å². The molecule has 2 aromatic rings. The Morgan fingerprint density at radius 2 is 2.04 bits per heavy atom. The Kier molecular flexibility index (Phi) is 3.73. The van der Waals surface area contributed by atoms with Gasteiger partial charge in [0, 0.05) is 18.5 Å². The van der Waals surface area contributed by atoms with Gasteiger partial charge in [-0.3, -0.25) is 0 Å². The summed E-state index contributed by atoms with van der Waals surface area (Å²) in [5.41, 5.74) is 2.73. The number of hydrogen-bond donors (Lipinski definition) is 1. The van der Waals surface area contributed by atoms with Crippen LogP contribution in [0.1, 0.15) is 42.7 Å². The fraction of sp³-hybridized carbons (Fsp3) is 0.471. The maximum Gasteiger partial charge on any atom is 0.260 e. The molecule has 1 aromatic heterocycles. The van der Waals surface area contributed by atoms with E-state index >= 15 is 0 Å². The number of aromatic nitrogens is 2. The Bertz CT molecular complexity index is 786. The molecule has 2 aliphatic rings. The first kappa shape index (κ1) is 14.9. The molecule has 122 valence electrons. The molecular formula is C17H21N3O2S. The van der Waals surface area contributed by atoms with Gasteiger partial charge in [0.05, 0.1) is 12.5 Å². The average molecular weight is 331 g/mol. The molecule has 6 heteroatoms. The van der Waals surface area contributed by atoms with Crippen molar-refractivity contribution in [3.63, 3.8) is 0 Å². The second kappa shape index (κ2) is 5.76. The van der Waals surface area contributed by atoms with Crippen molar-refractivity contribution >= 4 is 10.0 Å². The van der Waals surface area contributed by atoms with Gasteiger partial charge in [-0.15, -0.1) is 0 Å². The highest BCUT2D eigenvalue weighted by Gasteiger charge is 2.41.